The van der Waals surface area contributed by atoms with Gasteiger partial charge in [-0.2, -0.15) is 0 Å². The SMILES string of the molecule is CCOc1ccc(C(=O)NC2C[C@H]3CCC[C@H](C2)N3C2CC2)cc1. The lowest BCUT2D eigenvalue weighted by Gasteiger charge is -2.49. The van der Waals surface area contributed by atoms with E-state index in [9.17, 15) is 4.79 Å². The topological polar surface area (TPSA) is 41.6 Å². The van der Waals surface area contributed by atoms with Gasteiger partial charge in [-0.25, -0.2) is 0 Å². The van der Waals surface area contributed by atoms with Crippen molar-refractivity contribution in [2.75, 3.05) is 6.61 Å². The van der Waals surface area contributed by atoms with Crippen LogP contribution in [-0.2, 0) is 0 Å². The second-order valence-corrected chi connectivity index (χ2v) is 7.52. The van der Waals surface area contributed by atoms with Gasteiger partial charge >= 0.3 is 0 Å². The van der Waals surface area contributed by atoms with Crippen LogP contribution in [0.1, 0.15) is 62.2 Å². The Morgan fingerprint density at radius 2 is 1.75 bits per heavy atom. The molecule has 0 aromatic heterocycles. The third kappa shape index (κ3) is 3.30. The van der Waals surface area contributed by atoms with Gasteiger partial charge in [0.15, 0.2) is 0 Å². The van der Waals surface area contributed by atoms with E-state index < -0.39 is 0 Å². The number of carbonyl (C=O) groups is 1. The summed E-state index contributed by atoms with van der Waals surface area (Å²) in [6.07, 6.45) is 8.99. The van der Waals surface area contributed by atoms with Crippen molar-refractivity contribution in [2.24, 2.45) is 0 Å². The minimum atomic E-state index is 0.0565. The molecule has 0 spiro atoms. The molecule has 1 saturated carbocycles. The van der Waals surface area contributed by atoms with Crippen LogP contribution in [0.2, 0.25) is 0 Å². The van der Waals surface area contributed by atoms with Gasteiger partial charge in [0.05, 0.1) is 6.61 Å². The van der Waals surface area contributed by atoms with Crippen LogP contribution in [0.4, 0.5) is 0 Å². The van der Waals surface area contributed by atoms with Gasteiger partial charge in [-0.1, -0.05) is 6.42 Å². The van der Waals surface area contributed by atoms with Gasteiger partial charge in [-0.15, -0.1) is 0 Å². The van der Waals surface area contributed by atoms with Gasteiger partial charge in [0.2, 0.25) is 0 Å². The van der Waals surface area contributed by atoms with Crippen molar-refractivity contribution < 1.29 is 9.53 Å². The number of hydrogen-bond donors (Lipinski definition) is 1. The minimum absolute atomic E-state index is 0.0565. The first kappa shape index (κ1) is 15.9. The molecule has 4 nitrogen and oxygen atoms in total. The van der Waals surface area contributed by atoms with E-state index in [1.807, 2.05) is 31.2 Å². The zero-order chi connectivity index (χ0) is 16.5. The van der Waals surface area contributed by atoms with Crippen LogP contribution in [-0.4, -0.2) is 41.6 Å². The molecule has 3 aliphatic rings. The number of rotatable bonds is 5. The van der Waals surface area contributed by atoms with Crippen molar-refractivity contribution in [3.05, 3.63) is 29.8 Å². The number of carbonyl (C=O) groups excluding carboxylic acids is 1. The van der Waals surface area contributed by atoms with Crippen molar-refractivity contribution in [1.29, 1.82) is 0 Å². The number of fused-ring (bicyclic) bond motifs is 2. The van der Waals surface area contributed by atoms with Crippen molar-refractivity contribution in [3.63, 3.8) is 0 Å². The number of hydrogen-bond acceptors (Lipinski definition) is 3. The summed E-state index contributed by atoms with van der Waals surface area (Å²) in [7, 11) is 0. The molecular weight excluding hydrogens is 300 g/mol. The van der Waals surface area contributed by atoms with Crippen molar-refractivity contribution >= 4 is 5.91 Å². The predicted molar refractivity (Wildman–Crippen MR) is 94.4 cm³/mol. The molecular formula is C20H28N2O2. The Bertz CT molecular complexity index is 568. The molecule has 2 atom stereocenters. The van der Waals surface area contributed by atoms with E-state index in [1.54, 1.807) is 0 Å². The van der Waals surface area contributed by atoms with Gasteiger partial charge < -0.3 is 10.1 Å². The number of amides is 1. The van der Waals surface area contributed by atoms with Crippen LogP contribution in [0.3, 0.4) is 0 Å². The average molecular weight is 328 g/mol. The van der Waals surface area contributed by atoms with Gasteiger partial charge in [-0.05, 0) is 69.7 Å². The molecule has 1 amide bonds. The highest BCUT2D eigenvalue weighted by Gasteiger charge is 2.45. The summed E-state index contributed by atoms with van der Waals surface area (Å²) in [5, 5.41) is 3.29. The summed E-state index contributed by atoms with van der Waals surface area (Å²) in [5.74, 6) is 0.877. The molecule has 0 unspecified atom stereocenters. The highest BCUT2D eigenvalue weighted by Crippen LogP contribution is 2.41. The lowest BCUT2D eigenvalue weighted by atomic mass is 9.81. The molecule has 130 valence electrons. The van der Waals surface area contributed by atoms with E-state index in [0.29, 0.717) is 24.7 Å². The first-order valence-corrected chi connectivity index (χ1v) is 9.55. The summed E-state index contributed by atoms with van der Waals surface area (Å²) in [6.45, 7) is 2.61. The largest absolute Gasteiger partial charge is 0.494 e. The minimum Gasteiger partial charge on any atom is -0.494 e. The molecule has 2 bridgehead atoms. The average Bonchev–Trinajstić information content (AvgIpc) is 3.40. The monoisotopic (exact) mass is 328 g/mol. The predicted octanol–water partition coefficient (Wildman–Crippen LogP) is 3.36. The van der Waals surface area contributed by atoms with Crippen LogP contribution in [0, 0.1) is 0 Å². The molecule has 24 heavy (non-hydrogen) atoms. The number of piperidine rings is 2. The van der Waals surface area contributed by atoms with E-state index in [0.717, 1.165) is 30.2 Å². The molecule has 4 heteroatoms. The zero-order valence-corrected chi connectivity index (χ0v) is 14.5. The lowest BCUT2D eigenvalue weighted by Crippen LogP contribution is -2.57. The maximum atomic E-state index is 12.6. The van der Waals surface area contributed by atoms with E-state index in [2.05, 4.69) is 10.2 Å². The quantitative estimate of drug-likeness (QED) is 0.901. The van der Waals surface area contributed by atoms with Crippen LogP contribution in [0.5, 0.6) is 5.75 Å². The first-order valence-electron chi connectivity index (χ1n) is 9.55. The fourth-order valence-electron chi connectivity index (χ4n) is 4.64. The van der Waals surface area contributed by atoms with E-state index >= 15 is 0 Å². The van der Waals surface area contributed by atoms with Gasteiger partial charge in [-0.3, -0.25) is 9.69 Å². The summed E-state index contributed by atoms with van der Waals surface area (Å²) >= 11 is 0. The zero-order valence-electron chi connectivity index (χ0n) is 14.5. The summed E-state index contributed by atoms with van der Waals surface area (Å²) in [4.78, 5) is 15.4. The fourth-order valence-corrected chi connectivity index (χ4v) is 4.64. The molecule has 4 rings (SSSR count). The molecule has 2 aliphatic heterocycles. The third-order valence-corrected chi connectivity index (χ3v) is 5.76. The van der Waals surface area contributed by atoms with E-state index in [1.165, 1.54) is 32.1 Å². The molecule has 1 aromatic rings. The highest BCUT2D eigenvalue weighted by molar-refractivity contribution is 5.94. The van der Waals surface area contributed by atoms with Crippen LogP contribution in [0.25, 0.3) is 0 Å². The Hall–Kier alpha value is -1.55. The first-order chi connectivity index (χ1) is 11.7. The fraction of sp³-hybridized carbons (Fsp3) is 0.650. The Labute approximate surface area is 144 Å². The van der Waals surface area contributed by atoms with Gasteiger partial charge in [0.1, 0.15) is 5.75 Å². The van der Waals surface area contributed by atoms with Crippen molar-refractivity contribution in [1.82, 2.24) is 10.2 Å². The maximum Gasteiger partial charge on any atom is 0.251 e. The van der Waals surface area contributed by atoms with Crippen LogP contribution < -0.4 is 10.1 Å². The molecule has 2 heterocycles. The number of nitrogens with one attached hydrogen (secondary N) is 1. The van der Waals surface area contributed by atoms with Gasteiger partial charge in [0, 0.05) is 29.7 Å². The number of nitrogens with zero attached hydrogens (tertiary/aromatic N) is 1. The normalized spacial score (nSPS) is 30.0. The summed E-state index contributed by atoms with van der Waals surface area (Å²) < 4.78 is 5.44. The van der Waals surface area contributed by atoms with E-state index in [4.69, 9.17) is 4.74 Å². The molecule has 1 N–H and O–H groups in total. The van der Waals surface area contributed by atoms with Crippen LogP contribution >= 0.6 is 0 Å². The maximum absolute atomic E-state index is 12.6. The van der Waals surface area contributed by atoms with Crippen molar-refractivity contribution in [2.45, 2.75) is 76.0 Å². The summed E-state index contributed by atoms with van der Waals surface area (Å²) in [5.41, 5.74) is 0.730. The Morgan fingerprint density at radius 1 is 1.08 bits per heavy atom. The molecule has 1 aromatic carbocycles. The van der Waals surface area contributed by atoms with Crippen molar-refractivity contribution in [3.8, 4) is 5.75 Å². The molecule has 2 saturated heterocycles. The standard InChI is InChI=1S/C20H28N2O2/c1-2-24-19-10-6-14(7-11-19)20(23)21-15-12-17-4-3-5-18(13-15)22(17)16-8-9-16/h6-7,10-11,15-18H,2-5,8-9,12-13H2,1H3,(H,21,23)/t17-,18-/m1/s1. The number of benzene rings is 1. The second kappa shape index (κ2) is 6.75. The van der Waals surface area contributed by atoms with Crippen LogP contribution in [0.15, 0.2) is 24.3 Å². The lowest BCUT2D eigenvalue weighted by molar-refractivity contribution is 0.0175. The third-order valence-electron chi connectivity index (χ3n) is 5.76. The molecule has 0 radical (unpaired) electrons. The van der Waals surface area contributed by atoms with E-state index in [-0.39, 0.29) is 5.91 Å². The Morgan fingerprint density at radius 3 is 2.33 bits per heavy atom. The molecule has 3 fully saturated rings. The molecule has 1 aliphatic carbocycles. The Kier molecular flexibility index (Phi) is 4.49. The summed E-state index contributed by atoms with van der Waals surface area (Å²) in [6, 6.07) is 10.0. The Balaban J connectivity index is 1.37. The van der Waals surface area contributed by atoms with Gasteiger partial charge in [0.25, 0.3) is 5.91 Å². The smallest absolute Gasteiger partial charge is 0.251 e. The second-order valence-electron chi connectivity index (χ2n) is 7.52. The number of ether oxygens (including phenoxy) is 1. The highest BCUT2D eigenvalue weighted by atomic mass is 16.5.